The first-order chi connectivity index (χ1) is 5.54. The standard InChI is InChI=1S/C6H10O6/c7-1-3(9)5(11)6(12)4(10)2-8/h1-6,9-12H/t3-,4-,5-,6-/m1/s1. The lowest BCUT2D eigenvalue weighted by atomic mass is 10.1. The maximum absolute atomic E-state index is 9.87. The van der Waals surface area contributed by atoms with Gasteiger partial charge in [-0.1, -0.05) is 0 Å². The summed E-state index contributed by atoms with van der Waals surface area (Å²) in [5.74, 6) is 0. The van der Waals surface area contributed by atoms with Gasteiger partial charge in [-0.05, 0) is 0 Å². The van der Waals surface area contributed by atoms with Crippen LogP contribution < -0.4 is 0 Å². The van der Waals surface area contributed by atoms with Crippen LogP contribution in [0.3, 0.4) is 0 Å². The Morgan fingerprint density at radius 1 is 0.750 bits per heavy atom. The fraction of sp³-hybridized carbons (Fsp3) is 0.667. The van der Waals surface area contributed by atoms with E-state index in [0.717, 1.165) is 0 Å². The van der Waals surface area contributed by atoms with Crippen molar-refractivity contribution in [3.8, 4) is 0 Å². The van der Waals surface area contributed by atoms with E-state index >= 15 is 0 Å². The van der Waals surface area contributed by atoms with Crippen molar-refractivity contribution in [2.24, 2.45) is 0 Å². The third-order valence-electron chi connectivity index (χ3n) is 1.33. The number of hydrogen-bond donors (Lipinski definition) is 4. The highest BCUT2D eigenvalue weighted by Crippen LogP contribution is 2.01. The number of aldehydes is 2. The minimum atomic E-state index is -1.86. The maximum Gasteiger partial charge on any atom is 0.151 e. The lowest BCUT2D eigenvalue weighted by molar-refractivity contribution is -0.140. The fourth-order valence-electron chi connectivity index (χ4n) is 0.565. The highest BCUT2D eigenvalue weighted by atomic mass is 16.4. The van der Waals surface area contributed by atoms with E-state index in [1.807, 2.05) is 0 Å². The molecule has 0 unspecified atom stereocenters. The number of carbonyl (C=O) groups is 2. The first-order valence-electron chi connectivity index (χ1n) is 3.17. The molecule has 0 aliphatic carbocycles. The van der Waals surface area contributed by atoms with E-state index in [1.165, 1.54) is 0 Å². The van der Waals surface area contributed by atoms with Crippen LogP contribution in [0.5, 0.6) is 0 Å². The average molecular weight is 178 g/mol. The molecule has 4 N–H and O–H groups in total. The number of aliphatic hydroxyl groups is 4. The smallest absolute Gasteiger partial charge is 0.151 e. The van der Waals surface area contributed by atoms with Crippen molar-refractivity contribution >= 4 is 12.6 Å². The van der Waals surface area contributed by atoms with Gasteiger partial charge in [-0.25, -0.2) is 0 Å². The predicted octanol–water partition coefficient (Wildman–Crippen LogP) is -3.17. The summed E-state index contributed by atoms with van der Waals surface area (Å²) in [7, 11) is 0. The Bertz CT molecular complexity index is 140. The zero-order valence-electron chi connectivity index (χ0n) is 6.07. The number of carbonyl (C=O) groups excluding carboxylic acids is 2. The first-order valence-corrected chi connectivity index (χ1v) is 3.17. The average Bonchev–Trinajstić information content (AvgIpc) is 2.12. The Kier molecular flexibility index (Phi) is 4.60. The molecule has 6 nitrogen and oxygen atoms in total. The number of aliphatic hydroxyl groups excluding tert-OH is 4. The van der Waals surface area contributed by atoms with Gasteiger partial charge in [0.25, 0.3) is 0 Å². The van der Waals surface area contributed by atoms with Crippen LogP contribution in [-0.4, -0.2) is 57.4 Å². The van der Waals surface area contributed by atoms with Gasteiger partial charge in [0, 0.05) is 0 Å². The van der Waals surface area contributed by atoms with Gasteiger partial charge in [-0.15, -0.1) is 0 Å². The van der Waals surface area contributed by atoms with Gasteiger partial charge in [-0.3, -0.25) is 0 Å². The molecule has 0 aromatic heterocycles. The second kappa shape index (κ2) is 4.94. The summed E-state index contributed by atoms with van der Waals surface area (Å²) in [6.45, 7) is 0. The summed E-state index contributed by atoms with van der Waals surface area (Å²) in [4.78, 5) is 19.7. The molecule has 0 heterocycles. The van der Waals surface area contributed by atoms with Crippen LogP contribution in [0.25, 0.3) is 0 Å². The Morgan fingerprint density at radius 3 is 1.17 bits per heavy atom. The van der Waals surface area contributed by atoms with Gasteiger partial charge in [0.1, 0.15) is 24.4 Å². The summed E-state index contributed by atoms with van der Waals surface area (Å²) < 4.78 is 0. The molecule has 0 saturated carbocycles. The van der Waals surface area contributed by atoms with Crippen molar-refractivity contribution in [3.63, 3.8) is 0 Å². The normalized spacial score (nSPS) is 20.7. The Balaban J connectivity index is 4.16. The van der Waals surface area contributed by atoms with Crippen LogP contribution in [0.15, 0.2) is 0 Å². The molecule has 0 aromatic rings. The van der Waals surface area contributed by atoms with Gasteiger partial charge in [-0.2, -0.15) is 0 Å². The monoisotopic (exact) mass is 178 g/mol. The topological polar surface area (TPSA) is 115 Å². The zero-order chi connectivity index (χ0) is 9.72. The molecule has 0 saturated heterocycles. The van der Waals surface area contributed by atoms with Crippen molar-refractivity contribution in [2.75, 3.05) is 0 Å². The van der Waals surface area contributed by atoms with Crippen LogP contribution in [0.2, 0.25) is 0 Å². The molecule has 70 valence electrons. The summed E-state index contributed by atoms with van der Waals surface area (Å²) in [6.07, 6.45) is -7.36. The van der Waals surface area contributed by atoms with Crippen molar-refractivity contribution in [3.05, 3.63) is 0 Å². The van der Waals surface area contributed by atoms with Gasteiger partial charge in [0.15, 0.2) is 12.6 Å². The van der Waals surface area contributed by atoms with Crippen LogP contribution in [0.4, 0.5) is 0 Å². The van der Waals surface area contributed by atoms with E-state index in [0.29, 0.717) is 0 Å². The third-order valence-corrected chi connectivity index (χ3v) is 1.33. The molecule has 0 rings (SSSR count). The molecule has 0 aliphatic heterocycles. The van der Waals surface area contributed by atoms with Crippen LogP contribution in [0, 0.1) is 0 Å². The van der Waals surface area contributed by atoms with E-state index < -0.39 is 24.4 Å². The summed E-state index contributed by atoms with van der Waals surface area (Å²) in [5.41, 5.74) is 0. The van der Waals surface area contributed by atoms with E-state index in [2.05, 4.69) is 0 Å². The summed E-state index contributed by atoms with van der Waals surface area (Å²) in [6, 6.07) is 0. The number of hydrogen-bond acceptors (Lipinski definition) is 6. The van der Waals surface area contributed by atoms with Crippen molar-refractivity contribution in [1.82, 2.24) is 0 Å². The van der Waals surface area contributed by atoms with Crippen LogP contribution >= 0.6 is 0 Å². The Labute approximate surface area is 68.1 Å². The lowest BCUT2D eigenvalue weighted by Crippen LogP contribution is -2.45. The van der Waals surface area contributed by atoms with Gasteiger partial charge >= 0.3 is 0 Å². The van der Waals surface area contributed by atoms with E-state index in [1.54, 1.807) is 0 Å². The minimum absolute atomic E-state index is 0.00852. The maximum atomic E-state index is 9.87. The minimum Gasteiger partial charge on any atom is -0.387 e. The van der Waals surface area contributed by atoms with Crippen LogP contribution in [0.1, 0.15) is 0 Å². The SMILES string of the molecule is O=C[C@@H](O)[C@@H](O)[C@H](O)[C@H](O)C=O. The number of rotatable bonds is 5. The lowest BCUT2D eigenvalue weighted by Gasteiger charge is -2.20. The second-order valence-electron chi connectivity index (χ2n) is 2.23. The fourth-order valence-corrected chi connectivity index (χ4v) is 0.565. The molecular weight excluding hydrogens is 168 g/mol. The molecule has 0 bridgehead atoms. The second-order valence-corrected chi connectivity index (χ2v) is 2.23. The molecule has 0 spiro atoms. The highest BCUT2D eigenvalue weighted by molar-refractivity contribution is 5.59. The highest BCUT2D eigenvalue weighted by Gasteiger charge is 2.29. The van der Waals surface area contributed by atoms with E-state index in [4.69, 9.17) is 20.4 Å². The van der Waals surface area contributed by atoms with Gasteiger partial charge in [0.2, 0.25) is 0 Å². The molecule has 0 radical (unpaired) electrons. The molecule has 0 amide bonds. The molecule has 0 aromatic carbocycles. The summed E-state index contributed by atoms with van der Waals surface area (Å²) in [5, 5.41) is 34.9. The van der Waals surface area contributed by atoms with E-state index in [-0.39, 0.29) is 12.6 Å². The molecule has 0 fully saturated rings. The molecule has 0 aliphatic rings. The largest absolute Gasteiger partial charge is 0.387 e. The zero-order valence-corrected chi connectivity index (χ0v) is 6.07. The van der Waals surface area contributed by atoms with Crippen LogP contribution in [-0.2, 0) is 9.59 Å². The Morgan fingerprint density at radius 2 is 1.00 bits per heavy atom. The first kappa shape index (κ1) is 11.2. The van der Waals surface area contributed by atoms with Gasteiger partial charge < -0.3 is 30.0 Å². The van der Waals surface area contributed by atoms with Gasteiger partial charge in [0.05, 0.1) is 0 Å². The quantitative estimate of drug-likeness (QED) is 0.330. The molecule has 6 heteroatoms. The van der Waals surface area contributed by atoms with Crippen molar-refractivity contribution in [1.29, 1.82) is 0 Å². The molecule has 12 heavy (non-hydrogen) atoms. The third kappa shape index (κ3) is 2.67. The van der Waals surface area contributed by atoms with Crippen molar-refractivity contribution in [2.45, 2.75) is 24.4 Å². The van der Waals surface area contributed by atoms with Crippen molar-refractivity contribution < 1.29 is 30.0 Å². The predicted molar refractivity (Wildman–Crippen MR) is 36.2 cm³/mol. The summed E-state index contributed by atoms with van der Waals surface area (Å²) >= 11 is 0. The van der Waals surface area contributed by atoms with E-state index in [9.17, 15) is 9.59 Å². The molecule has 4 atom stereocenters. The molecular formula is C6H10O6. The Hall–Kier alpha value is -0.820.